The van der Waals surface area contributed by atoms with Gasteiger partial charge in [0.15, 0.2) is 0 Å². The molecule has 6 heteroatoms. The van der Waals surface area contributed by atoms with Crippen LogP contribution >= 0.6 is 0 Å². The largest absolute Gasteiger partial charge is 0.468 e. The van der Waals surface area contributed by atoms with Crippen LogP contribution in [0, 0.1) is 5.82 Å². The van der Waals surface area contributed by atoms with E-state index in [-0.39, 0.29) is 17.8 Å². The summed E-state index contributed by atoms with van der Waals surface area (Å²) in [5, 5.41) is 3.04. The Morgan fingerprint density at radius 1 is 0.966 bits per heavy atom. The third kappa shape index (κ3) is 4.66. The molecule has 3 aromatic rings. The molecule has 1 amide bonds. The number of piperazine rings is 1. The number of hydrogen-bond donors (Lipinski definition) is 1. The summed E-state index contributed by atoms with van der Waals surface area (Å²) in [6.07, 6.45) is 1.66. The summed E-state index contributed by atoms with van der Waals surface area (Å²) in [4.78, 5) is 17.0. The molecular weight excluding hydrogens is 369 g/mol. The molecule has 1 aromatic heterocycles. The summed E-state index contributed by atoms with van der Waals surface area (Å²) in [6.45, 7) is 3.77. The first-order valence-electron chi connectivity index (χ1n) is 9.82. The van der Waals surface area contributed by atoms with Crippen LogP contribution in [-0.2, 0) is 0 Å². The molecule has 1 unspecified atom stereocenters. The fourth-order valence-corrected chi connectivity index (χ4v) is 3.72. The van der Waals surface area contributed by atoms with Crippen LogP contribution in [0.5, 0.6) is 0 Å². The van der Waals surface area contributed by atoms with Crippen LogP contribution in [0.4, 0.5) is 10.1 Å². The Morgan fingerprint density at radius 3 is 2.34 bits per heavy atom. The van der Waals surface area contributed by atoms with Crippen LogP contribution < -0.4 is 10.2 Å². The highest BCUT2D eigenvalue weighted by Crippen LogP contribution is 2.24. The van der Waals surface area contributed by atoms with Gasteiger partial charge in [-0.05, 0) is 48.5 Å². The number of furan rings is 1. The van der Waals surface area contributed by atoms with E-state index in [4.69, 9.17) is 4.42 Å². The van der Waals surface area contributed by atoms with Crippen LogP contribution in [0.2, 0.25) is 0 Å². The second-order valence-electron chi connectivity index (χ2n) is 7.11. The van der Waals surface area contributed by atoms with Crippen molar-refractivity contribution in [3.63, 3.8) is 0 Å². The van der Waals surface area contributed by atoms with Gasteiger partial charge in [0.25, 0.3) is 5.91 Å². The van der Waals surface area contributed by atoms with E-state index in [0.717, 1.165) is 37.6 Å². The molecule has 4 rings (SSSR count). The van der Waals surface area contributed by atoms with Crippen molar-refractivity contribution in [2.75, 3.05) is 37.6 Å². The molecule has 5 nitrogen and oxygen atoms in total. The second-order valence-corrected chi connectivity index (χ2v) is 7.11. The number of carbonyl (C=O) groups is 1. The number of anilines is 1. The maximum Gasteiger partial charge on any atom is 0.251 e. The zero-order valence-electron chi connectivity index (χ0n) is 16.1. The summed E-state index contributed by atoms with van der Waals surface area (Å²) in [5.74, 6) is 0.528. The number of carbonyl (C=O) groups excluding carboxylic acids is 1. The summed E-state index contributed by atoms with van der Waals surface area (Å²) in [7, 11) is 0. The third-order valence-electron chi connectivity index (χ3n) is 5.31. The summed E-state index contributed by atoms with van der Waals surface area (Å²) < 4.78 is 18.8. The molecule has 1 aliphatic heterocycles. The Balaban J connectivity index is 1.40. The normalized spacial score (nSPS) is 15.8. The molecule has 1 saturated heterocycles. The van der Waals surface area contributed by atoms with Crippen molar-refractivity contribution in [1.82, 2.24) is 10.2 Å². The zero-order chi connectivity index (χ0) is 20.1. The van der Waals surface area contributed by atoms with Crippen LogP contribution in [0.3, 0.4) is 0 Å². The van der Waals surface area contributed by atoms with Crippen LogP contribution in [-0.4, -0.2) is 43.5 Å². The lowest BCUT2D eigenvalue weighted by Gasteiger charge is -2.39. The average Bonchev–Trinajstić information content (AvgIpc) is 3.30. The van der Waals surface area contributed by atoms with Crippen molar-refractivity contribution in [2.24, 2.45) is 0 Å². The number of hydrogen-bond acceptors (Lipinski definition) is 4. The van der Waals surface area contributed by atoms with Crippen molar-refractivity contribution in [3.8, 4) is 0 Å². The maximum atomic E-state index is 13.2. The lowest BCUT2D eigenvalue weighted by Crippen LogP contribution is -2.49. The highest BCUT2D eigenvalue weighted by Gasteiger charge is 2.27. The van der Waals surface area contributed by atoms with Gasteiger partial charge in [0.05, 0.1) is 12.3 Å². The number of nitrogens with zero attached hydrogens (tertiary/aromatic N) is 2. The molecule has 0 saturated carbocycles. The van der Waals surface area contributed by atoms with Crippen molar-refractivity contribution >= 4 is 11.6 Å². The Bertz CT molecular complexity index is 905. The van der Waals surface area contributed by atoms with Gasteiger partial charge in [-0.1, -0.05) is 18.2 Å². The van der Waals surface area contributed by atoms with E-state index in [9.17, 15) is 9.18 Å². The topological polar surface area (TPSA) is 48.7 Å². The third-order valence-corrected chi connectivity index (χ3v) is 5.31. The number of halogens is 1. The minimum Gasteiger partial charge on any atom is -0.468 e. The molecule has 0 bridgehead atoms. The molecule has 0 spiro atoms. The molecule has 0 radical (unpaired) electrons. The predicted molar refractivity (Wildman–Crippen MR) is 110 cm³/mol. The lowest BCUT2D eigenvalue weighted by atomic mass is 10.1. The Kier molecular flexibility index (Phi) is 5.91. The molecule has 29 heavy (non-hydrogen) atoms. The van der Waals surface area contributed by atoms with Crippen molar-refractivity contribution in [2.45, 2.75) is 6.04 Å². The van der Waals surface area contributed by atoms with Crippen molar-refractivity contribution < 1.29 is 13.6 Å². The van der Waals surface area contributed by atoms with E-state index in [1.807, 2.05) is 42.5 Å². The Hall–Kier alpha value is -3.12. The second kappa shape index (κ2) is 8.92. The number of amides is 1. The quantitative estimate of drug-likeness (QED) is 0.694. The first-order valence-corrected chi connectivity index (χ1v) is 9.82. The molecule has 1 fully saturated rings. The van der Waals surface area contributed by atoms with Gasteiger partial charge in [-0.3, -0.25) is 9.69 Å². The molecule has 1 aliphatic rings. The van der Waals surface area contributed by atoms with Crippen LogP contribution in [0.1, 0.15) is 22.2 Å². The number of rotatable bonds is 6. The van der Waals surface area contributed by atoms with E-state index in [1.54, 1.807) is 18.4 Å². The fourth-order valence-electron chi connectivity index (χ4n) is 3.72. The van der Waals surface area contributed by atoms with Gasteiger partial charge in [0.1, 0.15) is 11.6 Å². The number of benzene rings is 2. The molecular formula is C23H24FN3O2. The summed E-state index contributed by atoms with van der Waals surface area (Å²) in [5.41, 5.74) is 1.67. The lowest BCUT2D eigenvalue weighted by molar-refractivity contribution is 0.0923. The molecule has 1 N–H and O–H groups in total. The Labute approximate surface area is 169 Å². The number of nitrogens with one attached hydrogen (secondary N) is 1. The predicted octanol–water partition coefficient (Wildman–Crippen LogP) is 3.71. The van der Waals surface area contributed by atoms with E-state index >= 15 is 0 Å². The monoisotopic (exact) mass is 393 g/mol. The fraction of sp³-hybridized carbons (Fsp3) is 0.261. The summed E-state index contributed by atoms with van der Waals surface area (Å²) >= 11 is 0. The molecule has 0 aliphatic carbocycles. The first kappa shape index (κ1) is 19.2. The van der Waals surface area contributed by atoms with Crippen LogP contribution in [0.15, 0.2) is 77.4 Å². The highest BCUT2D eigenvalue weighted by molar-refractivity contribution is 5.94. The molecule has 2 aromatic carbocycles. The van der Waals surface area contributed by atoms with Gasteiger partial charge in [0, 0.05) is 44.0 Å². The average molecular weight is 393 g/mol. The zero-order valence-corrected chi connectivity index (χ0v) is 16.1. The van der Waals surface area contributed by atoms with E-state index in [2.05, 4.69) is 15.1 Å². The molecule has 1 atom stereocenters. The van der Waals surface area contributed by atoms with Gasteiger partial charge in [-0.15, -0.1) is 0 Å². The summed E-state index contributed by atoms with van der Waals surface area (Å²) in [6, 6.07) is 19.6. The smallest absolute Gasteiger partial charge is 0.251 e. The maximum absolute atomic E-state index is 13.2. The van der Waals surface area contributed by atoms with E-state index < -0.39 is 0 Å². The van der Waals surface area contributed by atoms with E-state index in [1.165, 1.54) is 12.1 Å². The molecule has 2 heterocycles. The SMILES string of the molecule is O=C(NCC(c1ccco1)N1CCN(c2ccc(F)cc2)CC1)c1ccccc1. The molecule has 150 valence electrons. The highest BCUT2D eigenvalue weighted by atomic mass is 19.1. The van der Waals surface area contributed by atoms with Gasteiger partial charge in [0.2, 0.25) is 0 Å². The van der Waals surface area contributed by atoms with Gasteiger partial charge >= 0.3 is 0 Å². The standard InChI is InChI=1S/C23H24FN3O2/c24-19-8-10-20(11-9-19)26-12-14-27(15-13-26)21(22-7-4-16-29-22)17-25-23(28)18-5-2-1-3-6-18/h1-11,16,21H,12-15,17H2,(H,25,28). The van der Waals surface area contributed by atoms with Crippen molar-refractivity contribution in [3.05, 3.63) is 90.1 Å². The van der Waals surface area contributed by atoms with Crippen molar-refractivity contribution in [1.29, 1.82) is 0 Å². The van der Waals surface area contributed by atoms with Crippen LogP contribution in [0.25, 0.3) is 0 Å². The first-order chi connectivity index (χ1) is 14.2. The van der Waals surface area contributed by atoms with E-state index in [0.29, 0.717) is 12.1 Å². The van der Waals surface area contributed by atoms with Gasteiger partial charge < -0.3 is 14.6 Å². The van der Waals surface area contributed by atoms with Gasteiger partial charge in [-0.2, -0.15) is 0 Å². The Morgan fingerprint density at radius 2 is 1.69 bits per heavy atom. The van der Waals surface area contributed by atoms with Gasteiger partial charge in [-0.25, -0.2) is 4.39 Å². The minimum absolute atomic E-state index is 0.0342. The minimum atomic E-state index is -0.223.